The predicted molar refractivity (Wildman–Crippen MR) is 106 cm³/mol. The fraction of sp³-hybridized carbons (Fsp3) is 0.714. The minimum atomic E-state index is -2.23. The number of carbonyl (C=O) groups is 2. The van der Waals surface area contributed by atoms with Gasteiger partial charge in [0.15, 0.2) is 0 Å². The highest BCUT2D eigenvalue weighted by Crippen LogP contribution is 2.33. The van der Waals surface area contributed by atoms with E-state index in [2.05, 4.69) is 4.90 Å². The summed E-state index contributed by atoms with van der Waals surface area (Å²) in [6.45, 7) is 9.03. The quantitative estimate of drug-likeness (QED) is 0.346. The van der Waals surface area contributed by atoms with E-state index in [-0.39, 0.29) is 24.7 Å². The van der Waals surface area contributed by atoms with E-state index in [0.29, 0.717) is 18.5 Å². The number of fused-ring (bicyclic) bond motifs is 1. The van der Waals surface area contributed by atoms with Crippen molar-refractivity contribution < 1.29 is 34.0 Å². The van der Waals surface area contributed by atoms with E-state index in [1.165, 1.54) is 27.9 Å². The number of aliphatic hydroxyl groups is 2. The molecule has 2 aliphatic heterocycles. The second kappa shape index (κ2) is 8.95. The Balaban J connectivity index is 2.08. The number of allylic oxidation sites excluding steroid dienone is 1. The molecular formula is C21H33NO7. The Kier molecular flexibility index (Phi) is 7.27. The molecule has 164 valence electrons. The summed E-state index contributed by atoms with van der Waals surface area (Å²) in [4.78, 5) is 27.0. The van der Waals surface area contributed by atoms with Crippen molar-refractivity contribution in [3.05, 3.63) is 23.3 Å². The van der Waals surface area contributed by atoms with Crippen LogP contribution in [0.4, 0.5) is 0 Å². The zero-order valence-electron chi connectivity index (χ0n) is 18.1. The zero-order chi connectivity index (χ0) is 22.0. The highest BCUT2D eigenvalue weighted by molar-refractivity contribution is 5.87. The smallest absolute Gasteiger partial charge is 0.344 e. The van der Waals surface area contributed by atoms with Gasteiger partial charge in [-0.15, -0.1) is 0 Å². The second-order valence-corrected chi connectivity index (χ2v) is 8.20. The van der Waals surface area contributed by atoms with E-state index in [9.17, 15) is 19.8 Å². The lowest BCUT2D eigenvalue weighted by atomic mass is 9.81. The lowest BCUT2D eigenvalue weighted by Crippen LogP contribution is -2.63. The molecule has 0 bridgehead atoms. The molecule has 1 saturated heterocycles. The van der Waals surface area contributed by atoms with Crippen molar-refractivity contribution in [1.29, 1.82) is 0 Å². The average Bonchev–Trinajstić information content (AvgIpc) is 3.26. The number of ether oxygens (including phenoxy) is 3. The third-order valence-electron chi connectivity index (χ3n) is 5.98. The van der Waals surface area contributed by atoms with Gasteiger partial charge in [-0.25, -0.2) is 9.59 Å². The fourth-order valence-electron chi connectivity index (χ4n) is 3.82. The van der Waals surface area contributed by atoms with Crippen LogP contribution in [-0.4, -0.2) is 83.3 Å². The molecule has 8 heteroatoms. The number of carbonyl (C=O) groups excluding carboxylic acids is 2. The van der Waals surface area contributed by atoms with Gasteiger partial charge in [0.1, 0.15) is 18.3 Å². The summed E-state index contributed by atoms with van der Waals surface area (Å²) < 4.78 is 16.1. The molecule has 0 saturated carbocycles. The number of hydrogen-bond acceptors (Lipinski definition) is 8. The summed E-state index contributed by atoms with van der Waals surface area (Å²) in [6, 6.07) is -0.161. The molecule has 2 N–H and O–H groups in total. The van der Waals surface area contributed by atoms with Gasteiger partial charge >= 0.3 is 11.9 Å². The van der Waals surface area contributed by atoms with Crippen LogP contribution in [0.1, 0.15) is 41.0 Å². The fourth-order valence-corrected chi connectivity index (χ4v) is 3.82. The summed E-state index contributed by atoms with van der Waals surface area (Å²) in [6.07, 6.45) is 3.05. The maximum Gasteiger partial charge on any atom is 0.344 e. The molecule has 1 fully saturated rings. The van der Waals surface area contributed by atoms with E-state index in [0.717, 1.165) is 12.1 Å². The van der Waals surface area contributed by atoms with E-state index < -0.39 is 23.3 Å². The Morgan fingerprint density at radius 3 is 2.59 bits per heavy atom. The van der Waals surface area contributed by atoms with Gasteiger partial charge in [0.25, 0.3) is 0 Å². The Hall–Kier alpha value is -1.74. The molecule has 0 aromatic heterocycles. The molecule has 8 nitrogen and oxygen atoms in total. The standard InChI is InChI=1S/C21H33NO7/c1-7-13(2)18(23)29-16-9-11-22-10-8-15(17(16)22)12-28-19(24)21(26,14(3)27-6)20(4,5)25/h7-8,14,16-17,25-26H,9-12H2,1-6H3/b13-7-/t14-,16+,17-,21?/m1/s1. The van der Waals surface area contributed by atoms with Crippen molar-refractivity contribution in [1.82, 2.24) is 4.90 Å². The van der Waals surface area contributed by atoms with Crippen LogP contribution >= 0.6 is 0 Å². The molecule has 0 aromatic carbocycles. The molecular weight excluding hydrogens is 378 g/mol. The van der Waals surface area contributed by atoms with Gasteiger partial charge < -0.3 is 24.4 Å². The van der Waals surface area contributed by atoms with Crippen LogP contribution in [0.2, 0.25) is 0 Å². The third kappa shape index (κ3) is 4.55. The maximum absolute atomic E-state index is 12.7. The molecule has 0 radical (unpaired) electrons. The van der Waals surface area contributed by atoms with Crippen molar-refractivity contribution in [2.45, 2.75) is 70.5 Å². The molecule has 2 heterocycles. The molecule has 0 spiro atoms. The summed E-state index contributed by atoms with van der Waals surface area (Å²) in [5.41, 5.74) is -2.65. The number of hydrogen-bond donors (Lipinski definition) is 2. The van der Waals surface area contributed by atoms with E-state index in [1.807, 2.05) is 6.08 Å². The Bertz CT molecular complexity index is 694. The molecule has 0 aliphatic carbocycles. The Morgan fingerprint density at radius 2 is 2.03 bits per heavy atom. The van der Waals surface area contributed by atoms with Gasteiger partial charge in [0.2, 0.25) is 5.60 Å². The Labute approximate surface area is 172 Å². The average molecular weight is 411 g/mol. The molecule has 1 unspecified atom stereocenters. The molecule has 4 atom stereocenters. The molecule has 2 rings (SSSR count). The first kappa shape index (κ1) is 23.5. The Morgan fingerprint density at radius 1 is 1.38 bits per heavy atom. The number of esters is 2. The first-order valence-corrected chi connectivity index (χ1v) is 9.89. The van der Waals surface area contributed by atoms with Crippen LogP contribution < -0.4 is 0 Å². The maximum atomic E-state index is 12.7. The van der Waals surface area contributed by atoms with Crippen LogP contribution in [0.25, 0.3) is 0 Å². The second-order valence-electron chi connectivity index (χ2n) is 8.20. The number of methoxy groups -OCH3 is 1. The van der Waals surface area contributed by atoms with Gasteiger partial charge in [-0.05, 0) is 46.6 Å². The van der Waals surface area contributed by atoms with Crippen LogP contribution in [0, 0.1) is 0 Å². The van der Waals surface area contributed by atoms with Gasteiger partial charge in [-0.1, -0.05) is 12.2 Å². The highest BCUT2D eigenvalue weighted by Gasteiger charge is 2.55. The summed E-state index contributed by atoms with van der Waals surface area (Å²) in [5.74, 6) is -1.32. The lowest BCUT2D eigenvalue weighted by molar-refractivity contribution is -0.216. The number of nitrogens with zero attached hydrogens (tertiary/aromatic N) is 1. The van der Waals surface area contributed by atoms with E-state index >= 15 is 0 Å². The van der Waals surface area contributed by atoms with Gasteiger partial charge in [-0.2, -0.15) is 0 Å². The van der Waals surface area contributed by atoms with Crippen molar-refractivity contribution in [2.75, 3.05) is 26.8 Å². The normalized spacial score (nSPS) is 25.8. The van der Waals surface area contributed by atoms with Crippen molar-refractivity contribution in [3.8, 4) is 0 Å². The van der Waals surface area contributed by atoms with Crippen LogP contribution in [0.15, 0.2) is 23.3 Å². The largest absolute Gasteiger partial charge is 0.459 e. The lowest BCUT2D eigenvalue weighted by Gasteiger charge is -2.40. The molecule has 0 aromatic rings. The first-order chi connectivity index (χ1) is 13.5. The van der Waals surface area contributed by atoms with Crippen molar-refractivity contribution >= 4 is 11.9 Å². The molecule has 2 aliphatic rings. The summed E-state index contributed by atoms with van der Waals surface area (Å²) in [5, 5.41) is 21.2. The van der Waals surface area contributed by atoms with Gasteiger partial charge in [0.05, 0.1) is 12.1 Å². The topological polar surface area (TPSA) is 106 Å². The van der Waals surface area contributed by atoms with E-state index in [4.69, 9.17) is 14.2 Å². The van der Waals surface area contributed by atoms with Crippen molar-refractivity contribution in [3.63, 3.8) is 0 Å². The zero-order valence-corrected chi connectivity index (χ0v) is 18.1. The molecule has 29 heavy (non-hydrogen) atoms. The van der Waals surface area contributed by atoms with Crippen LogP contribution in [0.3, 0.4) is 0 Å². The minimum Gasteiger partial charge on any atom is -0.459 e. The van der Waals surface area contributed by atoms with Gasteiger partial charge in [0, 0.05) is 25.8 Å². The SMILES string of the molecule is C/C=C(/C)C(=O)O[C@H]1CCN2CC=C(COC(=O)C(O)([C@@H](C)OC)C(C)(C)O)[C@H]12. The minimum absolute atomic E-state index is 0.0640. The molecule has 0 amide bonds. The van der Waals surface area contributed by atoms with Crippen LogP contribution in [-0.2, 0) is 23.8 Å². The number of rotatable bonds is 8. The highest BCUT2D eigenvalue weighted by atomic mass is 16.6. The summed E-state index contributed by atoms with van der Waals surface area (Å²) >= 11 is 0. The van der Waals surface area contributed by atoms with Crippen molar-refractivity contribution in [2.24, 2.45) is 0 Å². The monoisotopic (exact) mass is 411 g/mol. The van der Waals surface area contributed by atoms with Gasteiger partial charge in [-0.3, -0.25) is 4.90 Å². The first-order valence-electron chi connectivity index (χ1n) is 9.89. The predicted octanol–water partition coefficient (Wildman–Crippen LogP) is 0.959. The summed E-state index contributed by atoms with van der Waals surface area (Å²) in [7, 11) is 1.34. The third-order valence-corrected chi connectivity index (χ3v) is 5.98. The van der Waals surface area contributed by atoms with E-state index in [1.54, 1.807) is 19.9 Å². The van der Waals surface area contributed by atoms with Crippen LogP contribution in [0.5, 0.6) is 0 Å².